The minimum absolute atomic E-state index is 0.385. The van der Waals surface area contributed by atoms with E-state index in [1.165, 1.54) is 0 Å². The van der Waals surface area contributed by atoms with Crippen molar-refractivity contribution < 1.29 is 0 Å². The number of anilines is 1. The van der Waals surface area contributed by atoms with E-state index in [1.807, 2.05) is 18.2 Å². The smallest absolute Gasteiger partial charge is 0.104 e. The molecule has 0 fully saturated rings. The third-order valence-electron chi connectivity index (χ3n) is 2.56. The zero-order chi connectivity index (χ0) is 12.8. The van der Waals surface area contributed by atoms with E-state index in [4.69, 9.17) is 29.6 Å². The largest absolute Gasteiger partial charge is 0.389 e. The van der Waals surface area contributed by atoms with Gasteiger partial charge in [0.05, 0.1) is 10.7 Å². The summed E-state index contributed by atoms with van der Waals surface area (Å²) >= 11 is 11.2. The van der Waals surface area contributed by atoms with E-state index in [0.717, 1.165) is 42.2 Å². The summed E-state index contributed by atoms with van der Waals surface area (Å²) in [6, 6.07) is 5.78. The van der Waals surface area contributed by atoms with Crippen molar-refractivity contribution in [3.05, 3.63) is 28.8 Å². The first-order valence-electron chi connectivity index (χ1n) is 5.94. The Labute approximate surface area is 114 Å². The summed E-state index contributed by atoms with van der Waals surface area (Å²) in [5, 5.41) is 0.720. The fraction of sp³-hybridized carbons (Fsp3) is 0.462. The molecule has 0 aromatic heterocycles. The van der Waals surface area contributed by atoms with Gasteiger partial charge in [0, 0.05) is 18.7 Å². The van der Waals surface area contributed by atoms with Crippen LogP contribution < -0.4 is 10.6 Å². The van der Waals surface area contributed by atoms with Crippen LogP contribution in [0.5, 0.6) is 0 Å². The Hall–Kier alpha value is -0.800. The van der Waals surface area contributed by atoms with Gasteiger partial charge in [0.2, 0.25) is 0 Å². The third-order valence-corrected chi connectivity index (χ3v) is 3.10. The molecule has 2 N–H and O–H groups in total. The fourth-order valence-corrected chi connectivity index (χ4v) is 2.24. The zero-order valence-electron chi connectivity index (χ0n) is 10.4. The van der Waals surface area contributed by atoms with Gasteiger partial charge in [-0.2, -0.15) is 0 Å². The Morgan fingerprint density at radius 2 is 1.88 bits per heavy atom. The highest BCUT2D eigenvalue weighted by atomic mass is 35.5. The highest BCUT2D eigenvalue weighted by Gasteiger charge is 2.10. The average Bonchev–Trinajstić information content (AvgIpc) is 2.28. The lowest BCUT2D eigenvalue weighted by atomic mass is 10.2. The van der Waals surface area contributed by atoms with Crippen molar-refractivity contribution in [3.8, 4) is 0 Å². The Kier molecular flexibility index (Phi) is 5.72. The summed E-state index contributed by atoms with van der Waals surface area (Å²) in [7, 11) is 0. The molecule has 0 aliphatic rings. The number of hydrogen-bond acceptors (Lipinski definition) is 2. The summed E-state index contributed by atoms with van der Waals surface area (Å²) in [5.41, 5.74) is 7.47. The molecule has 0 bridgehead atoms. The number of nitrogens with zero attached hydrogens (tertiary/aromatic N) is 1. The lowest BCUT2D eigenvalue weighted by Crippen LogP contribution is -2.25. The van der Waals surface area contributed by atoms with Crippen LogP contribution in [-0.4, -0.2) is 18.1 Å². The second-order valence-electron chi connectivity index (χ2n) is 4.02. The van der Waals surface area contributed by atoms with E-state index in [1.54, 1.807) is 0 Å². The van der Waals surface area contributed by atoms with Crippen molar-refractivity contribution in [3.63, 3.8) is 0 Å². The number of rotatable bonds is 6. The van der Waals surface area contributed by atoms with Gasteiger partial charge in [0.25, 0.3) is 0 Å². The molecule has 0 atom stereocenters. The maximum atomic E-state index is 6.28. The molecule has 1 aromatic rings. The van der Waals surface area contributed by atoms with Crippen LogP contribution in [0.2, 0.25) is 5.02 Å². The molecule has 0 saturated heterocycles. The topological polar surface area (TPSA) is 29.3 Å². The molecule has 0 spiro atoms. The monoisotopic (exact) mass is 270 g/mol. The second kappa shape index (κ2) is 6.82. The van der Waals surface area contributed by atoms with Gasteiger partial charge in [-0.05, 0) is 31.0 Å². The molecular formula is C13H19ClN2S. The normalized spacial score (nSPS) is 10.3. The van der Waals surface area contributed by atoms with Gasteiger partial charge >= 0.3 is 0 Å². The predicted molar refractivity (Wildman–Crippen MR) is 80.1 cm³/mol. The van der Waals surface area contributed by atoms with Crippen molar-refractivity contribution in [2.24, 2.45) is 5.73 Å². The summed E-state index contributed by atoms with van der Waals surface area (Å²) in [6.07, 6.45) is 2.21. The first kappa shape index (κ1) is 14.3. The first-order chi connectivity index (χ1) is 8.10. The summed E-state index contributed by atoms with van der Waals surface area (Å²) < 4.78 is 0. The van der Waals surface area contributed by atoms with Crippen LogP contribution in [-0.2, 0) is 0 Å². The van der Waals surface area contributed by atoms with E-state index in [9.17, 15) is 0 Å². The molecule has 0 aliphatic carbocycles. The lowest BCUT2D eigenvalue weighted by molar-refractivity contribution is 0.745. The van der Waals surface area contributed by atoms with E-state index in [-0.39, 0.29) is 0 Å². The number of thiocarbonyl (C=S) groups is 1. The zero-order valence-corrected chi connectivity index (χ0v) is 11.9. The highest BCUT2D eigenvalue weighted by molar-refractivity contribution is 7.80. The second-order valence-corrected chi connectivity index (χ2v) is 4.86. The Morgan fingerprint density at radius 3 is 2.29 bits per heavy atom. The van der Waals surface area contributed by atoms with Crippen LogP contribution in [0.15, 0.2) is 18.2 Å². The number of nitrogens with two attached hydrogens (primary N) is 1. The summed E-state index contributed by atoms with van der Waals surface area (Å²) in [4.78, 5) is 2.68. The number of benzene rings is 1. The lowest BCUT2D eigenvalue weighted by Gasteiger charge is -2.25. The third kappa shape index (κ3) is 3.86. The van der Waals surface area contributed by atoms with Crippen LogP contribution in [0.1, 0.15) is 32.3 Å². The van der Waals surface area contributed by atoms with E-state index in [0.29, 0.717) is 4.99 Å². The maximum absolute atomic E-state index is 6.28. The van der Waals surface area contributed by atoms with Gasteiger partial charge < -0.3 is 10.6 Å². The van der Waals surface area contributed by atoms with E-state index >= 15 is 0 Å². The van der Waals surface area contributed by atoms with Crippen molar-refractivity contribution in [1.29, 1.82) is 0 Å². The van der Waals surface area contributed by atoms with Crippen molar-refractivity contribution >= 4 is 34.5 Å². The van der Waals surface area contributed by atoms with Crippen molar-refractivity contribution in [2.45, 2.75) is 26.7 Å². The van der Waals surface area contributed by atoms with Crippen LogP contribution in [0.25, 0.3) is 0 Å². The molecule has 0 aliphatic heterocycles. The fourth-order valence-electron chi connectivity index (χ4n) is 1.81. The van der Waals surface area contributed by atoms with Gasteiger partial charge in [0.15, 0.2) is 0 Å². The molecule has 1 rings (SSSR count). The molecule has 4 heteroatoms. The van der Waals surface area contributed by atoms with Crippen LogP contribution in [0.3, 0.4) is 0 Å². The van der Waals surface area contributed by atoms with Gasteiger partial charge in [-0.15, -0.1) is 0 Å². The molecule has 17 heavy (non-hydrogen) atoms. The standard InChI is InChI=1S/C13H19ClN2S/c1-3-7-16(8-4-2)12-6-5-10(13(15)17)9-11(12)14/h5-6,9H,3-4,7-8H2,1-2H3,(H2,15,17). The minimum atomic E-state index is 0.385. The van der Waals surface area contributed by atoms with Crippen LogP contribution in [0, 0.1) is 0 Å². The molecule has 0 amide bonds. The highest BCUT2D eigenvalue weighted by Crippen LogP contribution is 2.27. The predicted octanol–water partition coefficient (Wildman–Crippen LogP) is 3.60. The number of hydrogen-bond donors (Lipinski definition) is 1. The number of halogens is 1. The van der Waals surface area contributed by atoms with E-state index in [2.05, 4.69) is 18.7 Å². The van der Waals surface area contributed by atoms with Gasteiger partial charge in [0.1, 0.15) is 4.99 Å². The SMILES string of the molecule is CCCN(CCC)c1ccc(C(N)=S)cc1Cl. The van der Waals surface area contributed by atoms with Gasteiger partial charge in [-0.1, -0.05) is 37.7 Å². The molecule has 1 aromatic carbocycles. The Morgan fingerprint density at radius 1 is 1.29 bits per heavy atom. The average molecular weight is 271 g/mol. The molecular weight excluding hydrogens is 252 g/mol. The Bertz CT molecular complexity index is 387. The first-order valence-corrected chi connectivity index (χ1v) is 6.73. The molecule has 0 saturated carbocycles. The van der Waals surface area contributed by atoms with Gasteiger partial charge in [-0.25, -0.2) is 0 Å². The molecule has 0 unspecified atom stereocenters. The van der Waals surface area contributed by atoms with Crippen molar-refractivity contribution in [1.82, 2.24) is 0 Å². The molecule has 0 heterocycles. The minimum Gasteiger partial charge on any atom is -0.389 e. The summed E-state index contributed by atoms with van der Waals surface area (Å²) in [5.74, 6) is 0. The molecule has 0 radical (unpaired) electrons. The van der Waals surface area contributed by atoms with Gasteiger partial charge in [-0.3, -0.25) is 0 Å². The Balaban J connectivity index is 2.99. The van der Waals surface area contributed by atoms with Crippen LogP contribution >= 0.6 is 23.8 Å². The van der Waals surface area contributed by atoms with Crippen LogP contribution in [0.4, 0.5) is 5.69 Å². The van der Waals surface area contributed by atoms with E-state index < -0.39 is 0 Å². The molecule has 94 valence electrons. The summed E-state index contributed by atoms with van der Waals surface area (Å²) in [6.45, 7) is 6.36. The maximum Gasteiger partial charge on any atom is 0.104 e. The molecule has 2 nitrogen and oxygen atoms in total. The van der Waals surface area contributed by atoms with Crippen molar-refractivity contribution in [2.75, 3.05) is 18.0 Å². The quantitative estimate of drug-likeness (QED) is 0.801.